The summed E-state index contributed by atoms with van der Waals surface area (Å²) in [6.45, 7) is -0.115. The number of halogens is 3. The zero-order chi connectivity index (χ0) is 14.8. The molecule has 1 nitrogen and oxygen atoms in total. The SMILES string of the molecule is Fc1ccc(Br)c(F)c1COc1ccc2c(c1)CCCC2. The molecule has 0 amide bonds. The summed E-state index contributed by atoms with van der Waals surface area (Å²) in [5.74, 6) is -0.531. The summed E-state index contributed by atoms with van der Waals surface area (Å²) in [4.78, 5) is 0. The number of benzene rings is 2. The van der Waals surface area contributed by atoms with Crippen LogP contribution >= 0.6 is 15.9 Å². The summed E-state index contributed by atoms with van der Waals surface area (Å²) >= 11 is 3.06. The summed E-state index contributed by atoms with van der Waals surface area (Å²) in [7, 11) is 0. The van der Waals surface area contributed by atoms with Gasteiger partial charge in [0.05, 0.1) is 10.0 Å². The Balaban J connectivity index is 1.78. The van der Waals surface area contributed by atoms with Crippen molar-refractivity contribution in [1.82, 2.24) is 0 Å². The van der Waals surface area contributed by atoms with Crippen molar-refractivity contribution in [2.24, 2.45) is 0 Å². The van der Waals surface area contributed by atoms with Gasteiger partial charge in [0.1, 0.15) is 24.0 Å². The Morgan fingerprint density at radius 1 is 1.00 bits per heavy atom. The lowest BCUT2D eigenvalue weighted by Crippen LogP contribution is -2.05. The first-order valence-electron chi connectivity index (χ1n) is 7.02. The van der Waals surface area contributed by atoms with Gasteiger partial charge in [0.25, 0.3) is 0 Å². The largest absolute Gasteiger partial charge is 0.489 e. The van der Waals surface area contributed by atoms with Crippen molar-refractivity contribution in [2.75, 3.05) is 0 Å². The topological polar surface area (TPSA) is 9.23 Å². The molecule has 0 bridgehead atoms. The van der Waals surface area contributed by atoms with Gasteiger partial charge in [-0.1, -0.05) is 6.07 Å². The zero-order valence-corrected chi connectivity index (χ0v) is 13.1. The molecule has 21 heavy (non-hydrogen) atoms. The minimum atomic E-state index is -0.604. The Morgan fingerprint density at radius 2 is 1.76 bits per heavy atom. The Morgan fingerprint density at radius 3 is 2.57 bits per heavy atom. The average Bonchev–Trinajstić information content (AvgIpc) is 2.51. The fraction of sp³-hybridized carbons (Fsp3) is 0.294. The molecule has 0 aromatic heterocycles. The standard InChI is InChI=1S/C17H15BrF2O/c18-15-7-8-16(19)14(17(15)20)10-21-13-6-5-11-3-1-2-4-12(11)9-13/h5-9H,1-4,10H2. The van der Waals surface area contributed by atoms with Crippen LogP contribution in [0.1, 0.15) is 29.5 Å². The predicted molar refractivity (Wildman–Crippen MR) is 81.5 cm³/mol. The molecular formula is C17H15BrF2O. The van der Waals surface area contributed by atoms with Gasteiger partial charge in [-0.2, -0.15) is 0 Å². The number of fused-ring (bicyclic) bond motifs is 1. The van der Waals surface area contributed by atoms with E-state index < -0.39 is 11.6 Å². The molecule has 110 valence electrons. The molecule has 0 aliphatic heterocycles. The Hall–Kier alpha value is -1.42. The molecule has 1 aliphatic carbocycles. The molecule has 0 saturated heterocycles. The molecule has 0 heterocycles. The average molecular weight is 353 g/mol. The minimum Gasteiger partial charge on any atom is -0.489 e. The van der Waals surface area contributed by atoms with E-state index in [4.69, 9.17) is 4.74 Å². The van der Waals surface area contributed by atoms with Gasteiger partial charge >= 0.3 is 0 Å². The normalized spacial score (nSPS) is 13.9. The van der Waals surface area contributed by atoms with Crippen LogP contribution in [-0.4, -0.2) is 0 Å². The number of hydrogen-bond donors (Lipinski definition) is 0. The highest BCUT2D eigenvalue weighted by atomic mass is 79.9. The van der Waals surface area contributed by atoms with Crippen molar-refractivity contribution in [1.29, 1.82) is 0 Å². The van der Waals surface area contributed by atoms with Crippen molar-refractivity contribution < 1.29 is 13.5 Å². The molecule has 0 fully saturated rings. The first kappa shape index (κ1) is 14.5. The minimum absolute atomic E-state index is 0.0536. The summed E-state index contributed by atoms with van der Waals surface area (Å²) in [6, 6.07) is 8.50. The van der Waals surface area contributed by atoms with Gasteiger partial charge < -0.3 is 4.74 Å². The third kappa shape index (κ3) is 3.10. The Labute approximate surface area is 131 Å². The second-order valence-corrected chi connectivity index (χ2v) is 6.10. The molecule has 2 aromatic rings. The number of hydrogen-bond acceptors (Lipinski definition) is 1. The predicted octanol–water partition coefficient (Wildman–Crippen LogP) is 5.19. The molecule has 4 heteroatoms. The van der Waals surface area contributed by atoms with E-state index in [1.807, 2.05) is 12.1 Å². The van der Waals surface area contributed by atoms with Crippen molar-refractivity contribution in [3.05, 3.63) is 63.1 Å². The number of aryl methyl sites for hydroxylation is 2. The van der Waals surface area contributed by atoms with E-state index in [0.29, 0.717) is 5.75 Å². The molecule has 0 saturated carbocycles. The molecule has 0 spiro atoms. The Kier molecular flexibility index (Phi) is 4.24. The van der Waals surface area contributed by atoms with Crippen molar-refractivity contribution in [3.8, 4) is 5.75 Å². The van der Waals surface area contributed by atoms with Crippen LogP contribution in [0.25, 0.3) is 0 Å². The van der Waals surface area contributed by atoms with Crippen molar-refractivity contribution >= 4 is 15.9 Å². The van der Waals surface area contributed by atoms with Crippen LogP contribution in [0.15, 0.2) is 34.8 Å². The fourth-order valence-electron chi connectivity index (χ4n) is 2.66. The van der Waals surface area contributed by atoms with Crippen LogP contribution in [0.3, 0.4) is 0 Å². The van der Waals surface area contributed by atoms with E-state index in [2.05, 4.69) is 22.0 Å². The second-order valence-electron chi connectivity index (χ2n) is 5.25. The first-order chi connectivity index (χ1) is 10.1. The summed E-state index contributed by atoms with van der Waals surface area (Å²) in [5.41, 5.74) is 2.59. The lowest BCUT2D eigenvalue weighted by Gasteiger charge is -2.17. The maximum Gasteiger partial charge on any atom is 0.146 e. The molecule has 0 unspecified atom stereocenters. The van der Waals surface area contributed by atoms with E-state index in [0.717, 1.165) is 12.8 Å². The van der Waals surface area contributed by atoms with E-state index in [-0.39, 0.29) is 16.6 Å². The quantitative estimate of drug-likeness (QED) is 0.691. The lowest BCUT2D eigenvalue weighted by atomic mass is 9.92. The summed E-state index contributed by atoms with van der Waals surface area (Å²) in [5, 5.41) is 0. The van der Waals surface area contributed by atoms with E-state index in [9.17, 15) is 8.78 Å². The number of ether oxygens (including phenoxy) is 1. The van der Waals surface area contributed by atoms with Gasteiger partial charge in [0, 0.05) is 0 Å². The van der Waals surface area contributed by atoms with Gasteiger partial charge in [-0.3, -0.25) is 0 Å². The van der Waals surface area contributed by atoms with Gasteiger partial charge in [0.2, 0.25) is 0 Å². The summed E-state index contributed by atoms with van der Waals surface area (Å²) < 4.78 is 33.4. The van der Waals surface area contributed by atoms with Crippen LogP contribution in [0.5, 0.6) is 5.75 Å². The zero-order valence-electron chi connectivity index (χ0n) is 11.5. The van der Waals surface area contributed by atoms with E-state index in [1.54, 1.807) is 0 Å². The third-order valence-electron chi connectivity index (χ3n) is 3.84. The maximum atomic E-state index is 13.9. The first-order valence-corrected chi connectivity index (χ1v) is 7.81. The Bertz CT molecular complexity index is 670. The smallest absolute Gasteiger partial charge is 0.146 e. The highest BCUT2D eigenvalue weighted by Crippen LogP contribution is 2.27. The van der Waals surface area contributed by atoms with Crippen LogP contribution in [0, 0.1) is 11.6 Å². The van der Waals surface area contributed by atoms with Gasteiger partial charge in [-0.15, -0.1) is 0 Å². The molecule has 3 rings (SSSR count). The highest BCUT2D eigenvalue weighted by Gasteiger charge is 2.14. The van der Waals surface area contributed by atoms with E-state index >= 15 is 0 Å². The molecule has 0 radical (unpaired) electrons. The maximum absolute atomic E-state index is 13.9. The van der Waals surface area contributed by atoms with Crippen LogP contribution in [0.4, 0.5) is 8.78 Å². The van der Waals surface area contributed by atoms with E-state index in [1.165, 1.54) is 36.1 Å². The molecule has 1 aliphatic rings. The molecular weight excluding hydrogens is 338 g/mol. The van der Waals surface area contributed by atoms with Gasteiger partial charge in [0.15, 0.2) is 0 Å². The third-order valence-corrected chi connectivity index (χ3v) is 4.45. The van der Waals surface area contributed by atoms with Crippen LogP contribution in [-0.2, 0) is 19.4 Å². The molecule has 0 atom stereocenters. The van der Waals surface area contributed by atoms with Crippen molar-refractivity contribution in [3.63, 3.8) is 0 Å². The number of rotatable bonds is 3. The fourth-order valence-corrected chi connectivity index (χ4v) is 3.03. The summed E-state index contributed by atoms with van der Waals surface area (Å²) in [6.07, 6.45) is 4.56. The highest BCUT2D eigenvalue weighted by molar-refractivity contribution is 9.10. The lowest BCUT2D eigenvalue weighted by molar-refractivity contribution is 0.291. The van der Waals surface area contributed by atoms with Crippen molar-refractivity contribution in [2.45, 2.75) is 32.3 Å². The molecule has 2 aromatic carbocycles. The molecule has 0 N–H and O–H groups in total. The van der Waals surface area contributed by atoms with Crippen LogP contribution in [0.2, 0.25) is 0 Å². The monoisotopic (exact) mass is 352 g/mol. The van der Waals surface area contributed by atoms with Crippen LogP contribution < -0.4 is 4.74 Å². The second kappa shape index (κ2) is 6.14. The van der Waals surface area contributed by atoms with Gasteiger partial charge in [-0.05, 0) is 77.0 Å². The van der Waals surface area contributed by atoms with Gasteiger partial charge in [-0.25, -0.2) is 8.78 Å².